The Hall–Kier alpha value is -1.20. The number of benzene rings is 1. The number of aliphatic hydroxyl groups is 1. The fourth-order valence-corrected chi connectivity index (χ4v) is 4.74. The third kappa shape index (κ3) is 2.77. The largest absolute Gasteiger partial charge is 0.387 e. The van der Waals surface area contributed by atoms with Gasteiger partial charge in [0.2, 0.25) is 0 Å². The van der Waals surface area contributed by atoms with Crippen LogP contribution < -0.4 is 5.73 Å². The Morgan fingerprint density at radius 2 is 1.90 bits per heavy atom. The van der Waals surface area contributed by atoms with E-state index in [9.17, 15) is 5.11 Å². The molecule has 0 aliphatic rings. The molecule has 0 saturated heterocycles. The maximum atomic E-state index is 10.7. The van der Waals surface area contributed by atoms with Gasteiger partial charge in [0.15, 0.2) is 0 Å². The van der Waals surface area contributed by atoms with Gasteiger partial charge in [-0.2, -0.15) is 0 Å². The molecule has 2 heterocycles. The number of rotatable bonds is 4. The molecule has 0 aliphatic carbocycles. The Morgan fingerprint density at radius 1 is 1.10 bits per heavy atom. The van der Waals surface area contributed by atoms with Gasteiger partial charge in [0, 0.05) is 26.7 Å². The van der Waals surface area contributed by atoms with Crippen molar-refractivity contribution < 1.29 is 5.11 Å². The van der Waals surface area contributed by atoms with Crippen molar-refractivity contribution in [3.8, 4) is 0 Å². The molecule has 1 aromatic carbocycles. The van der Waals surface area contributed by atoms with Crippen LogP contribution in [0.5, 0.6) is 0 Å². The van der Waals surface area contributed by atoms with Gasteiger partial charge in [-0.3, -0.25) is 0 Å². The molecule has 3 N–H and O–H groups in total. The number of hydrogen-bond acceptors (Lipinski definition) is 4. The van der Waals surface area contributed by atoms with E-state index < -0.39 is 6.10 Å². The zero-order valence-electron chi connectivity index (χ0n) is 12.2. The molecule has 0 aliphatic heterocycles. The van der Waals surface area contributed by atoms with E-state index in [4.69, 9.17) is 5.73 Å². The summed E-state index contributed by atoms with van der Waals surface area (Å²) in [6.45, 7) is 4.63. The number of aliphatic hydroxyl groups excluding tert-OH is 1. The highest BCUT2D eigenvalue weighted by atomic mass is 32.1. The first-order valence-corrected chi connectivity index (χ1v) is 8.72. The third-order valence-electron chi connectivity index (χ3n) is 4.04. The Balaban J connectivity index is 1.94. The lowest BCUT2D eigenvalue weighted by Gasteiger charge is -2.21. The van der Waals surface area contributed by atoms with Gasteiger partial charge in [0.25, 0.3) is 0 Å². The van der Waals surface area contributed by atoms with Crippen LogP contribution in [0.15, 0.2) is 35.7 Å². The highest BCUT2D eigenvalue weighted by Crippen LogP contribution is 2.39. The lowest BCUT2D eigenvalue weighted by Crippen LogP contribution is -2.19. The van der Waals surface area contributed by atoms with E-state index in [1.807, 2.05) is 0 Å². The fraction of sp³-hybridized carbons (Fsp3) is 0.294. The molecule has 0 amide bonds. The second-order valence-corrected chi connectivity index (χ2v) is 7.49. The molecule has 3 rings (SSSR count). The van der Waals surface area contributed by atoms with E-state index in [1.54, 1.807) is 22.7 Å². The molecule has 0 saturated carbocycles. The van der Waals surface area contributed by atoms with Crippen LogP contribution in [0.3, 0.4) is 0 Å². The van der Waals surface area contributed by atoms with Gasteiger partial charge in [0.05, 0.1) is 6.10 Å². The summed E-state index contributed by atoms with van der Waals surface area (Å²) in [5.74, 6) is -0.0583. The van der Waals surface area contributed by atoms with Crippen LogP contribution >= 0.6 is 22.7 Å². The summed E-state index contributed by atoms with van der Waals surface area (Å²) in [5.41, 5.74) is 9.57. The number of thiophene rings is 2. The zero-order valence-corrected chi connectivity index (χ0v) is 13.8. The summed E-state index contributed by atoms with van der Waals surface area (Å²) in [7, 11) is 0. The molecule has 0 bridgehead atoms. The van der Waals surface area contributed by atoms with Gasteiger partial charge in [-0.25, -0.2) is 0 Å². The van der Waals surface area contributed by atoms with Crippen molar-refractivity contribution in [3.63, 3.8) is 0 Å². The van der Waals surface area contributed by atoms with Crippen LogP contribution in [-0.4, -0.2) is 11.7 Å². The average Bonchev–Trinajstić information content (AvgIpc) is 3.04. The van der Waals surface area contributed by atoms with Crippen LogP contribution in [0.4, 0.5) is 0 Å². The minimum atomic E-state index is -0.540. The standard InChI is InChI=1S/C17H19NOS2/c1-10-3-4-12(7-11(10)2)13(9-18)17(19)16-8-15-14(21-16)5-6-20-15/h3-8,13,17,19H,9,18H2,1-2H3. The first-order valence-electron chi connectivity index (χ1n) is 7.02. The van der Waals surface area contributed by atoms with Crippen LogP contribution in [0.25, 0.3) is 9.40 Å². The van der Waals surface area contributed by atoms with E-state index in [0.29, 0.717) is 6.54 Å². The molecular weight excluding hydrogens is 298 g/mol. The van der Waals surface area contributed by atoms with E-state index >= 15 is 0 Å². The maximum absolute atomic E-state index is 10.7. The lowest BCUT2D eigenvalue weighted by molar-refractivity contribution is 0.151. The minimum Gasteiger partial charge on any atom is -0.387 e. The predicted molar refractivity (Wildman–Crippen MR) is 92.4 cm³/mol. The van der Waals surface area contributed by atoms with Crippen LogP contribution in [-0.2, 0) is 0 Å². The summed E-state index contributed by atoms with van der Waals surface area (Å²) >= 11 is 3.38. The third-order valence-corrected chi connectivity index (χ3v) is 6.21. The SMILES string of the molecule is Cc1ccc(C(CN)C(O)c2cc3sccc3s2)cc1C. The van der Waals surface area contributed by atoms with Crippen molar-refractivity contribution in [1.29, 1.82) is 0 Å². The molecule has 110 valence electrons. The molecule has 4 heteroatoms. The van der Waals surface area contributed by atoms with E-state index in [1.165, 1.54) is 20.5 Å². The van der Waals surface area contributed by atoms with Gasteiger partial charge >= 0.3 is 0 Å². The first kappa shape index (κ1) is 14.7. The van der Waals surface area contributed by atoms with E-state index in [0.717, 1.165) is 10.4 Å². The molecule has 2 unspecified atom stereocenters. The van der Waals surface area contributed by atoms with E-state index in [2.05, 4.69) is 49.6 Å². The van der Waals surface area contributed by atoms with E-state index in [-0.39, 0.29) is 5.92 Å². The average molecular weight is 317 g/mol. The summed E-state index contributed by atoms with van der Waals surface area (Å²) in [6.07, 6.45) is -0.540. The molecular formula is C17H19NOS2. The second-order valence-electron chi connectivity index (χ2n) is 5.43. The topological polar surface area (TPSA) is 46.2 Å². The molecule has 21 heavy (non-hydrogen) atoms. The van der Waals surface area contributed by atoms with Gasteiger partial charge in [-0.05, 0) is 48.1 Å². The van der Waals surface area contributed by atoms with Gasteiger partial charge in [-0.1, -0.05) is 18.2 Å². The summed E-state index contributed by atoms with van der Waals surface area (Å²) in [5, 5.41) is 12.8. The van der Waals surface area contributed by atoms with Crippen molar-refractivity contribution in [2.24, 2.45) is 5.73 Å². The van der Waals surface area contributed by atoms with Crippen molar-refractivity contribution in [2.45, 2.75) is 25.9 Å². The van der Waals surface area contributed by atoms with Crippen molar-refractivity contribution in [2.75, 3.05) is 6.54 Å². The Labute approximate surface area is 132 Å². The highest BCUT2D eigenvalue weighted by molar-refractivity contribution is 7.26. The predicted octanol–water partition coefficient (Wildman–Crippen LogP) is 4.36. The Kier molecular flexibility index (Phi) is 4.13. The smallest absolute Gasteiger partial charge is 0.0963 e. The fourth-order valence-electron chi connectivity index (χ4n) is 2.57. The second kappa shape index (κ2) is 5.89. The maximum Gasteiger partial charge on any atom is 0.0963 e. The zero-order chi connectivity index (χ0) is 15.0. The molecule has 2 nitrogen and oxygen atoms in total. The molecule has 2 atom stereocenters. The van der Waals surface area contributed by atoms with Gasteiger partial charge < -0.3 is 10.8 Å². The molecule has 2 aromatic heterocycles. The van der Waals surface area contributed by atoms with Crippen molar-refractivity contribution >= 4 is 32.1 Å². The summed E-state index contributed by atoms with van der Waals surface area (Å²) in [4.78, 5) is 1.01. The molecule has 0 fully saturated rings. The van der Waals surface area contributed by atoms with Crippen LogP contribution in [0, 0.1) is 13.8 Å². The van der Waals surface area contributed by atoms with Crippen LogP contribution in [0.2, 0.25) is 0 Å². The quantitative estimate of drug-likeness (QED) is 0.751. The van der Waals surface area contributed by atoms with Gasteiger partial charge in [-0.15, -0.1) is 22.7 Å². The summed E-state index contributed by atoms with van der Waals surface area (Å²) in [6, 6.07) is 10.5. The number of hydrogen-bond donors (Lipinski definition) is 2. The normalized spacial score (nSPS) is 14.5. The van der Waals surface area contributed by atoms with Crippen LogP contribution in [0.1, 0.15) is 33.6 Å². The molecule has 0 radical (unpaired) electrons. The van der Waals surface area contributed by atoms with Gasteiger partial charge in [0.1, 0.15) is 0 Å². The minimum absolute atomic E-state index is 0.0583. The Morgan fingerprint density at radius 3 is 2.57 bits per heavy atom. The molecule has 0 spiro atoms. The Bertz CT molecular complexity index is 731. The van der Waals surface area contributed by atoms with Crippen molar-refractivity contribution in [3.05, 3.63) is 57.3 Å². The number of fused-ring (bicyclic) bond motifs is 1. The molecule has 3 aromatic rings. The number of aryl methyl sites for hydroxylation is 2. The lowest BCUT2D eigenvalue weighted by atomic mass is 9.90. The summed E-state index contributed by atoms with van der Waals surface area (Å²) < 4.78 is 2.48. The first-order chi connectivity index (χ1) is 10.1. The van der Waals surface area contributed by atoms with Crippen molar-refractivity contribution in [1.82, 2.24) is 0 Å². The highest BCUT2D eigenvalue weighted by Gasteiger charge is 2.23. The monoisotopic (exact) mass is 317 g/mol. The number of nitrogens with two attached hydrogens (primary N) is 1.